The second-order valence-corrected chi connectivity index (χ2v) is 13.4. The quantitative estimate of drug-likeness (QED) is 0.358. The van der Waals surface area contributed by atoms with Crippen LogP contribution in [0.25, 0.3) is 0 Å². The van der Waals surface area contributed by atoms with Gasteiger partial charge in [-0.15, -0.1) is 0 Å². The third kappa shape index (κ3) is 7.17. The molecule has 3 saturated heterocycles. The lowest BCUT2D eigenvalue weighted by Gasteiger charge is -2.44. The van der Waals surface area contributed by atoms with E-state index in [1.54, 1.807) is 11.0 Å². The van der Waals surface area contributed by atoms with Crippen molar-refractivity contribution in [3.05, 3.63) is 58.1 Å². The van der Waals surface area contributed by atoms with Crippen molar-refractivity contribution < 1.29 is 37.0 Å². The molecule has 1 spiro atoms. The molecule has 0 aromatic heterocycles. The molecular weight excluding hydrogens is 651 g/mol. The molecule has 14 heteroatoms. The standard InChI is InChI=1S/C34H41ClF3N5O5/c1-39-29-25(34(36,37)38)19-22(20-26(29)35)21-28(30(44)42-15-9-23(10-16-42)41-13-5-2-6-14-41)47-32(46)43-17-11-33(12-18-43)24-7-3-4-8-27(24)40-31(45)48-33/h3-4,7-8,19-20,23,28,39H,2,5-6,9-18,21H2,1H3,(H,40,45)/t28-/m1/s1. The van der Waals surface area contributed by atoms with Crippen molar-refractivity contribution in [3.63, 3.8) is 0 Å². The maximum absolute atomic E-state index is 14.0. The fourth-order valence-electron chi connectivity index (χ4n) is 7.57. The van der Waals surface area contributed by atoms with Crippen LogP contribution in [0.2, 0.25) is 5.02 Å². The van der Waals surface area contributed by atoms with E-state index >= 15 is 0 Å². The third-order valence-corrected chi connectivity index (χ3v) is 10.4. The Labute approximate surface area is 282 Å². The molecule has 1 atom stereocenters. The number of anilines is 2. The lowest BCUT2D eigenvalue weighted by atomic mass is 9.82. The Balaban J connectivity index is 1.19. The predicted molar refractivity (Wildman–Crippen MR) is 174 cm³/mol. The number of alkyl halides is 3. The average Bonchev–Trinajstić information content (AvgIpc) is 3.07. The normalized spacial score (nSPS) is 20.8. The van der Waals surface area contributed by atoms with E-state index in [2.05, 4.69) is 15.5 Å². The van der Waals surface area contributed by atoms with Crippen LogP contribution in [-0.2, 0) is 32.5 Å². The molecule has 0 saturated carbocycles. The topological polar surface area (TPSA) is 103 Å². The molecule has 0 aliphatic carbocycles. The summed E-state index contributed by atoms with van der Waals surface area (Å²) in [7, 11) is 1.35. The lowest BCUT2D eigenvalue weighted by Crippen LogP contribution is -2.53. The Morgan fingerprint density at radius 1 is 1.04 bits per heavy atom. The molecule has 48 heavy (non-hydrogen) atoms. The number of likely N-dealkylation sites (tertiary alicyclic amines) is 3. The Morgan fingerprint density at radius 3 is 2.40 bits per heavy atom. The van der Waals surface area contributed by atoms with Crippen molar-refractivity contribution in [1.82, 2.24) is 14.7 Å². The number of hydrogen-bond acceptors (Lipinski definition) is 7. The number of benzene rings is 2. The molecule has 4 heterocycles. The number of piperidine rings is 3. The first-order valence-electron chi connectivity index (χ1n) is 16.6. The number of rotatable bonds is 6. The Kier molecular flexibility index (Phi) is 9.98. The smallest absolute Gasteiger partial charge is 0.418 e. The molecule has 3 fully saturated rings. The van der Waals surface area contributed by atoms with Crippen molar-refractivity contribution >= 4 is 41.1 Å². The molecule has 3 amide bonds. The molecular formula is C34H41ClF3N5O5. The van der Waals surface area contributed by atoms with Crippen molar-refractivity contribution in [2.45, 2.75) is 75.3 Å². The second-order valence-electron chi connectivity index (χ2n) is 13.0. The molecule has 0 radical (unpaired) electrons. The molecule has 2 aromatic rings. The van der Waals surface area contributed by atoms with Crippen molar-refractivity contribution in [1.29, 1.82) is 0 Å². The van der Waals surface area contributed by atoms with E-state index in [0.717, 1.165) is 50.4 Å². The van der Waals surface area contributed by atoms with E-state index in [9.17, 15) is 27.6 Å². The molecule has 4 aliphatic heterocycles. The summed E-state index contributed by atoms with van der Waals surface area (Å²) in [6.07, 6.45) is -1.95. The number of nitrogens with one attached hydrogen (secondary N) is 2. The van der Waals surface area contributed by atoms with Gasteiger partial charge in [-0.05, 0) is 62.5 Å². The monoisotopic (exact) mass is 691 g/mol. The van der Waals surface area contributed by atoms with Gasteiger partial charge in [0.05, 0.1) is 22.0 Å². The summed E-state index contributed by atoms with van der Waals surface area (Å²) in [5.74, 6) is -0.447. The van der Waals surface area contributed by atoms with E-state index in [4.69, 9.17) is 21.1 Å². The molecule has 4 aliphatic rings. The van der Waals surface area contributed by atoms with Gasteiger partial charge in [0.2, 0.25) is 0 Å². The molecule has 0 bridgehead atoms. The van der Waals surface area contributed by atoms with Gasteiger partial charge >= 0.3 is 18.4 Å². The molecule has 6 rings (SSSR count). The minimum Gasteiger partial charge on any atom is -0.438 e. The zero-order chi connectivity index (χ0) is 34.1. The number of hydrogen-bond donors (Lipinski definition) is 2. The molecule has 2 N–H and O–H groups in total. The van der Waals surface area contributed by atoms with Crippen LogP contribution >= 0.6 is 11.6 Å². The Bertz CT molecular complexity index is 1520. The average molecular weight is 692 g/mol. The number of halogens is 4. The van der Waals surface area contributed by atoms with E-state index < -0.39 is 41.5 Å². The summed E-state index contributed by atoms with van der Waals surface area (Å²) in [6, 6.07) is 10.0. The number of carbonyl (C=O) groups is 3. The van der Waals surface area contributed by atoms with Crippen molar-refractivity contribution in [3.8, 4) is 0 Å². The summed E-state index contributed by atoms with van der Waals surface area (Å²) < 4.78 is 53.6. The number of para-hydroxylation sites is 1. The van der Waals surface area contributed by atoms with Crippen LogP contribution in [0.3, 0.4) is 0 Å². The summed E-state index contributed by atoms with van der Waals surface area (Å²) in [4.78, 5) is 45.5. The van der Waals surface area contributed by atoms with Gasteiger partial charge in [-0.1, -0.05) is 36.2 Å². The van der Waals surface area contributed by atoms with Crippen LogP contribution in [0.4, 0.5) is 34.1 Å². The van der Waals surface area contributed by atoms with E-state index in [0.29, 0.717) is 37.7 Å². The van der Waals surface area contributed by atoms with Gasteiger partial charge in [-0.25, -0.2) is 9.59 Å². The summed E-state index contributed by atoms with van der Waals surface area (Å²) in [6.45, 7) is 3.38. The maximum atomic E-state index is 14.0. The molecule has 260 valence electrons. The third-order valence-electron chi connectivity index (χ3n) is 10.1. The number of carbonyl (C=O) groups excluding carboxylic acids is 3. The van der Waals surface area contributed by atoms with E-state index in [-0.39, 0.29) is 35.8 Å². The largest absolute Gasteiger partial charge is 0.438 e. The van der Waals surface area contributed by atoms with E-state index in [1.807, 2.05) is 18.2 Å². The molecule has 10 nitrogen and oxygen atoms in total. The minimum absolute atomic E-state index is 0.122. The van der Waals surface area contributed by atoms with Gasteiger partial charge in [-0.2, -0.15) is 13.2 Å². The maximum Gasteiger partial charge on any atom is 0.418 e. The van der Waals surface area contributed by atoms with Crippen LogP contribution in [0, 0.1) is 0 Å². The first-order chi connectivity index (χ1) is 23.0. The van der Waals surface area contributed by atoms with Gasteiger partial charge < -0.3 is 29.5 Å². The van der Waals surface area contributed by atoms with Gasteiger partial charge in [0.15, 0.2) is 6.10 Å². The highest BCUT2D eigenvalue weighted by molar-refractivity contribution is 6.33. The predicted octanol–water partition coefficient (Wildman–Crippen LogP) is 6.48. The SMILES string of the molecule is CNc1c(Cl)cc(C[C@@H](OC(=O)N2CCC3(CC2)OC(=O)Nc2ccccc23)C(=O)N2CCC(N3CCCCC3)CC2)cc1C(F)(F)F. The Morgan fingerprint density at radius 2 is 1.73 bits per heavy atom. The first-order valence-corrected chi connectivity index (χ1v) is 17.0. The van der Waals surface area contributed by atoms with Gasteiger partial charge in [-0.3, -0.25) is 10.1 Å². The number of fused-ring (bicyclic) bond motifs is 2. The highest BCUT2D eigenvalue weighted by Gasteiger charge is 2.46. The summed E-state index contributed by atoms with van der Waals surface area (Å²) in [5.41, 5.74) is -0.553. The zero-order valence-corrected chi connectivity index (χ0v) is 27.7. The van der Waals surface area contributed by atoms with Crippen LogP contribution < -0.4 is 10.6 Å². The number of amides is 3. The number of nitrogens with zero attached hydrogens (tertiary/aromatic N) is 3. The van der Waals surface area contributed by atoms with Crippen molar-refractivity contribution in [2.24, 2.45) is 0 Å². The van der Waals surface area contributed by atoms with Crippen LogP contribution in [-0.4, -0.2) is 91.3 Å². The minimum atomic E-state index is -4.70. The number of ether oxygens (including phenoxy) is 2. The van der Waals surface area contributed by atoms with Gasteiger partial charge in [0, 0.05) is 64.1 Å². The highest BCUT2D eigenvalue weighted by atomic mass is 35.5. The summed E-state index contributed by atoms with van der Waals surface area (Å²) >= 11 is 6.27. The van der Waals surface area contributed by atoms with Gasteiger partial charge in [0.1, 0.15) is 5.60 Å². The molecule has 2 aromatic carbocycles. The highest BCUT2D eigenvalue weighted by Crippen LogP contribution is 2.44. The Hall–Kier alpha value is -3.71. The fraction of sp³-hybridized carbons (Fsp3) is 0.559. The van der Waals surface area contributed by atoms with Crippen LogP contribution in [0.15, 0.2) is 36.4 Å². The zero-order valence-electron chi connectivity index (χ0n) is 26.9. The lowest BCUT2D eigenvalue weighted by molar-refractivity contribution is -0.142. The van der Waals surface area contributed by atoms with E-state index in [1.165, 1.54) is 24.4 Å². The fourth-order valence-corrected chi connectivity index (χ4v) is 7.90. The van der Waals surface area contributed by atoms with Crippen LogP contribution in [0.1, 0.15) is 61.6 Å². The van der Waals surface area contributed by atoms with Gasteiger partial charge in [0.25, 0.3) is 5.91 Å². The summed E-state index contributed by atoms with van der Waals surface area (Å²) in [5, 5.41) is 5.06. The molecule has 0 unspecified atom stereocenters. The van der Waals surface area contributed by atoms with Crippen molar-refractivity contribution in [2.75, 3.05) is 56.9 Å². The van der Waals surface area contributed by atoms with Crippen LogP contribution in [0.5, 0.6) is 0 Å². The second kappa shape index (κ2) is 14.0. The first kappa shape index (κ1) is 34.2.